The molecule has 0 bridgehead atoms. The van der Waals surface area contributed by atoms with Crippen molar-refractivity contribution in [1.82, 2.24) is 9.97 Å². The van der Waals surface area contributed by atoms with Crippen LogP contribution in [0.2, 0.25) is 0 Å². The van der Waals surface area contributed by atoms with Crippen LogP contribution >= 0.6 is 0 Å². The van der Waals surface area contributed by atoms with Crippen LogP contribution in [0, 0.1) is 11.3 Å². The SMILES string of the molecule is CCC(=O)Oc1ccc(-c2nc(N)nc(N)c2C#N)cc1OC. The second-order valence-corrected chi connectivity index (χ2v) is 4.50. The third-order valence-electron chi connectivity index (χ3n) is 3.02. The molecule has 0 amide bonds. The number of hydrogen-bond acceptors (Lipinski definition) is 8. The Morgan fingerprint density at radius 2 is 2.04 bits per heavy atom. The summed E-state index contributed by atoms with van der Waals surface area (Å²) in [4.78, 5) is 19.2. The molecule has 1 heterocycles. The normalized spacial score (nSPS) is 9.96. The van der Waals surface area contributed by atoms with Crippen molar-refractivity contribution in [3.05, 3.63) is 23.8 Å². The van der Waals surface area contributed by atoms with Crippen molar-refractivity contribution >= 4 is 17.7 Å². The Bertz CT molecular complexity index is 798. The van der Waals surface area contributed by atoms with Crippen LogP contribution in [-0.2, 0) is 4.79 Å². The van der Waals surface area contributed by atoms with Gasteiger partial charge in [0.1, 0.15) is 17.5 Å². The third kappa shape index (κ3) is 3.29. The first-order valence-electron chi connectivity index (χ1n) is 6.72. The number of nitrogen functional groups attached to an aromatic ring is 2. The largest absolute Gasteiger partial charge is 0.493 e. The van der Waals surface area contributed by atoms with E-state index in [1.54, 1.807) is 25.1 Å². The van der Waals surface area contributed by atoms with Crippen LogP contribution in [0.5, 0.6) is 11.5 Å². The van der Waals surface area contributed by atoms with E-state index in [9.17, 15) is 10.1 Å². The molecule has 0 saturated heterocycles. The number of ether oxygens (including phenoxy) is 2. The molecule has 2 aromatic rings. The van der Waals surface area contributed by atoms with Gasteiger partial charge in [-0.2, -0.15) is 10.2 Å². The summed E-state index contributed by atoms with van der Waals surface area (Å²) < 4.78 is 10.4. The van der Waals surface area contributed by atoms with Gasteiger partial charge in [0.25, 0.3) is 0 Å². The molecule has 1 aromatic carbocycles. The summed E-state index contributed by atoms with van der Waals surface area (Å²) in [5.74, 6) is 0.164. The number of nitriles is 1. The zero-order valence-electron chi connectivity index (χ0n) is 12.7. The van der Waals surface area contributed by atoms with E-state index in [1.807, 2.05) is 6.07 Å². The number of hydrogen-bond donors (Lipinski definition) is 2. The van der Waals surface area contributed by atoms with Crippen LogP contribution in [0.15, 0.2) is 18.2 Å². The number of methoxy groups -OCH3 is 1. The Labute approximate surface area is 132 Å². The first-order chi connectivity index (χ1) is 11.0. The number of nitrogens with zero attached hydrogens (tertiary/aromatic N) is 3. The Morgan fingerprint density at radius 3 is 2.65 bits per heavy atom. The number of carbonyl (C=O) groups is 1. The van der Waals surface area contributed by atoms with Crippen molar-refractivity contribution in [2.75, 3.05) is 18.6 Å². The summed E-state index contributed by atoms with van der Waals surface area (Å²) in [6.07, 6.45) is 0.239. The molecule has 23 heavy (non-hydrogen) atoms. The second-order valence-electron chi connectivity index (χ2n) is 4.50. The average Bonchev–Trinajstić information content (AvgIpc) is 2.54. The van der Waals surface area contributed by atoms with Crippen LogP contribution in [0.4, 0.5) is 11.8 Å². The van der Waals surface area contributed by atoms with E-state index < -0.39 is 0 Å². The van der Waals surface area contributed by atoms with Gasteiger partial charge in [0.05, 0.1) is 12.8 Å². The summed E-state index contributed by atoms with van der Waals surface area (Å²) in [5.41, 5.74) is 12.2. The van der Waals surface area contributed by atoms with Gasteiger partial charge >= 0.3 is 5.97 Å². The van der Waals surface area contributed by atoms with E-state index in [0.29, 0.717) is 11.3 Å². The van der Waals surface area contributed by atoms with Gasteiger partial charge in [0.2, 0.25) is 5.95 Å². The molecular weight excluding hydrogens is 298 g/mol. The molecule has 0 saturated carbocycles. The van der Waals surface area contributed by atoms with Crippen LogP contribution in [-0.4, -0.2) is 23.0 Å². The Morgan fingerprint density at radius 1 is 1.30 bits per heavy atom. The molecule has 0 unspecified atom stereocenters. The molecule has 0 aliphatic carbocycles. The van der Waals surface area contributed by atoms with Gasteiger partial charge in [-0.05, 0) is 18.2 Å². The molecule has 0 radical (unpaired) electrons. The lowest BCUT2D eigenvalue weighted by molar-refractivity contribution is -0.134. The Kier molecular flexibility index (Phi) is 4.61. The molecule has 0 fully saturated rings. The van der Waals surface area contributed by atoms with Gasteiger partial charge in [-0.25, -0.2) is 4.98 Å². The molecule has 0 atom stereocenters. The molecule has 8 heteroatoms. The monoisotopic (exact) mass is 313 g/mol. The number of carbonyl (C=O) groups excluding carboxylic acids is 1. The maximum absolute atomic E-state index is 11.4. The van der Waals surface area contributed by atoms with E-state index in [2.05, 4.69) is 9.97 Å². The highest BCUT2D eigenvalue weighted by molar-refractivity contribution is 5.77. The molecular formula is C15H15N5O3. The summed E-state index contributed by atoms with van der Waals surface area (Å²) in [6.45, 7) is 1.69. The zero-order valence-corrected chi connectivity index (χ0v) is 12.7. The zero-order chi connectivity index (χ0) is 17.0. The van der Waals surface area contributed by atoms with Crippen molar-refractivity contribution in [3.63, 3.8) is 0 Å². The highest BCUT2D eigenvalue weighted by atomic mass is 16.6. The number of aromatic nitrogens is 2. The standard InChI is InChI=1S/C15H15N5O3/c1-3-12(21)23-10-5-4-8(6-11(10)22-2)13-9(7-16)14(17)20-15(18)19-13/h4-6H,3H2,1-2H3,(H4,17,18,19,20). The Hall–Kier alpha value is -3.34. The van der Waals surface area contributed by atoms with Crippen molar-refractivity contribution in [2.45, 2.75) is 13.3 Å². The minimum Gasteiger partial charge on any atom is -0.493 e. The molecule has 118 valence electrons. The lowest BCUT2D eigenvalue weighted by atomic mass is 10.1. The maximum Gasteiger partial charge on any atom is 0.311 e. The third-order valence-corrected chi connectivity index (χ3v) is 3.02. The molecule has 4 N–H and O–H groups in total. The second kappa shape index (κ2) is 6.62. The smallest absolute Gasteiger partial charge is 0.311 e. The van der Waals surface area contributed by atoms with Crippen molar-refractivity contribution in [1.29, 1.82) is 5.26 Å². The fourth-order valence-electron chi connectivity index (χ4n) is 1.91. The van der Waals surface area contributed by atoms with Crippen LogP contribution < -0.4 is 20.9 Å². The van der Waals surface area contributed by atoms with E-state index in [4.69, 9.17) is 20.9 Å². The highest BCUT2D eigenvalue weighted by Crippen LogP contribution is 2.34. The van der Waals surface area contributed by atoms with E-state index in [-0.39, 0.29) is 41.2 Å². The van der Waals surface area contributed by atoms with E-state index in [0.717, 1.165) is 0 Å². The lowest BCUT2D eigenvalue weighted by Gasteiger charge is -2.11. The molecule has 2 rings (SSSR count). The van der Waals surface area contributed by atoms with Crippen LogP contribution in [0.3, 0.4) is 0 Å². The number of benzene rings is 1. The van der Waals surface area contributed by atoms with Gasteiger partial charge in [-0.15, -0.1) is 0 Å². The fraction of sp³-hybridized carbons (Fsp3) is 0.200. The summed E-state index contributed by atoms with van der Waals surface area (Å²) in [6, 6.07) is 6.72. The summed E-state index contributed by atoms with van der Waals surface area (Å²) in [7, 11) is 1.44. The van der Waals surface area contributed by atoms with Gasteiger partial charge in [-0.3, -0.25) is 4.79 Å². The van der Waals surface area contributed by atoms with Crippen LogP contribution in [0.25, 0.3) is 11.3 Å². The molecule has 8 nitrogen and oxygen atoms in total. The lowest BCUT2D eigenvalue weighted by Crippen LogP contribution is -2.07. The fourth-order valence-corrected chi connectivity index (χ4v) is 1.91. The predicted octanol–water partition coefficient (Wildman–Crippen LogP) is 1.50. The topological polar surface area (TPSA) is 137 Å². The minimum atomic E-state index is -0.385. The minimum absolute atomic E-state index is 0.00421. The van der Waals surface area contributed by atoms with Crippen LogP contribution in [0.1, 0.15) is 18.9 Å². The first-order valence-corrected chi connectivity index (χ1v) is 6.72. The number of nitrogens with two attached hydrogens (primary N) is 2. The Balaban J connectivity index is 2.54. The van der Waals surface area contributed by atoms with Gasteiger partial charge in [0, 0.05) is 12.0 Å². The summed E-state index contributed by atoms with van der Waals surface area (Å²) in [5, 5.41) is 9.23. The van der Waals surface area contributed by atoms with E-state index >= 15 is 0 Å². The molecule has 0 aliphatic heterocycles. The quantitative estimate of drug-likeness (QED) is 0.640. The van der Waals surface area contributed by atoms with Gasteiger partial charge in [0.15, 0.2) is 11.5 Å². The maximum atomic E-state index is 11.4. The number of esters is 1. The van der Waals surface area contributed by atoms with Crippen molar-refractivity contribution in [3.8, 4) is 28.8 Å². The molecule has 0 aliphatic rings. The average molecular weight is 313 g/mol. The molecule has 1 aromatic heterocycles. The van der Waals surface area contributed by atoms with Gasteiger partial charge in [-0.1, -0.05) is 6.92 Å². The first kappa shape index (κ1) is 16.0. The molecule has 0 spiro atoms. The van der Waals surface area contributed by atoms with Crippen molar-refractivity contribution in [2.24, 2.45) is 0 Å². The summed E-state index contributed by atoms with van der Waals surface area (Å²) >= 11 is 0. The van der Waals surface area contributed by atoms with Crippen molar-refractivity contribution < 1.29 is 14.3 Å². The van der Waals surface area contributed by atoms with Gasteiger partial charge < -0.3 is 20.9 Å². The highest BCUT2D eigenvalue weighted by Gasteiger charge is 2.16. The number of rotatable bonds is 4. The predicted molar refractivity (Wildman–Crippen MR) is 83.5 cm³/mol. The van der Waals surface area contributed by atoms with E-state index in [1.165, 1.54) is 7.11 Å². The number of anilines is 2.